The Bertz CT molecular complexity index is 1480. The number of hydrogen-bond acceptors (Lipinski definition) is 5. The molecule has 0 radical (unpaired) electrons. The lowest BCUT2D eigenvalue weighted by Gasteiger charge is -2.29. The van der Waals surface area contributed by atoms with Crippen LogP contribution in [0.2, 0.25) is 5.02 Å². The highest BCUT2D eigenvalue weighted by Crippen LogP contribution is 2.41. The maximum Gasteiger partial charge on any atom is 0.373 e. The first-order valence-electron chi connectivity index (χ1n) is 12.2. The van der Waals surface area contributed by atoms with Crippen LogP contribution in [0.1, 0.15) is 61.5 Å². The van der Waals surface area contributed by atoms with Crippen molar-refractivity contribution in [2.75, 3.05) is 0 Å². The molecule has 10 heteroatoms. The second-order valence-electron chi connectivity index (χ2n) is 9.93. The van der Waals surface area contributed by atoms with E-state index < -0.39 is 23.3 Å². The van der Waals surface area contributed by atoms with Crippen LogP contribution in [0.15, 0.2) is 42.9 Å². The Labute approximate surface area is 217 Å². The number of carbonyl (C=O) groups is 1. The summed E-state index contributed by atoms with van der Waals surface area (Å²) in [4.78, 5) is 28.6. The van der Waals surface area contributed by atoms with Gasteiger partial charge in [-0.3, -0.25) is 9.97 Å². The summed E-state index contributed by atoms with van der Waals surface area (Å²) in [5, 5.41) is 10.0. The van der Waals surface area contributed by atoms with Crippen molar-refractivity contribution in [1.29, 1.82) is 0 Å². The van der Waals surface area contributed by atoms with Crippen LogP contribution in [0.5, 0.6) is 0 Å². The van der Waals surface area contributed by atoms with E-state index in [2.05, 4.69) is 26.9 Å². The first-order valence-corrected chi connectivity index (χ1v) is 12.6. The molecule has 1 fully saturated rings. The number of rotatable bonds is 6. The van der Waals surface area contributed by atoms with Gasteiger partial charge in [0, 0.05) is 30.7 Å². The van der Waals surface area contributed by atoms with Crippen LogP contribution < -0.4 is 0 Å². The van der Waals surface area contributed by atoms with Crippen molar-refractivity contribution in [3.63, 3.8) is 0 Å². The second-order valence-corrected chi connectivity index (χ2v) is 10.4. The molecule has 0 spiro atoms. The maximum atomic E-state index is 16.7. The molecular formula is C27H26ClF2N5O2. The Kier molecular flexibility index (Phi) is 6.66. The van der Waals surface area contributed by atoms with Crippen molar-refractivity contribution in [3.05, 3.63) is 70.9 Å². The average Bonchev–Trinajstić information content (AvgIpc) is 3.24. The highest BCUT2D eigenvalue weighted by molar-refractivity contribution is 6.30. The summed E-state index contributed by atoms with van der Waals surface area (Å²) in [7, 11) is 0. The van der Waals surface area contributed by atoms with Gasteiger partial charge < -0.3 is 9.67 Å². The van der Waals surface area contributed by atoms with Gasteiger partial charge in [0.2, 0.25) is 5.82 Å². The summed E-state index contributed by atoms with van der Waals surface area (Å²) in [5.74, 6) is -1.66. The van der Waals surface area contributed by atoms with Crippen molar-refractivity contribution in [2.45, 2.75) is 51.7 Å². The van der Waals surface area contributed by atoms with Gasteiger partial charge in [0.25, 0.3) is 0 Å². The van der Waals surface area contributed by atoms with Gasteiger partial charge in [-0.1, -0.05) is 31.4 Å². The number of carboxylic acid groups (broad SMARTS) is 1. The minimum Gasteiger partial charge on any atom is -0.475 e. The second kappa shape index (κ2) is 9.78. The Morgan fingerprint density at radius 2 is 1.97 bits per heavy atom. The van der Waals surface area contributed by atoms with E-state index in [1.54, 1.807) is 10.6 Å². The molecule has 1 atom stereocenters. The molecule has 1 aliphatic rings. The van der Waals surface area contributed by atoms with Crippen LogP contribution in [0.3, 0.4) is 0 Å². The van der Waals surface area contributed by atoms with E-state index in [1.807, 2.05) is 0 Å². The molecule has 0 bridgehead atoms. The fourth-order valence-electron chi connectivity index (χ4n) is 5.21. The highest BCUT2D eigenvalue weighted by Gasteiger charge is 2.38. The molecule has 5 rings (SSSR count). The fraction of sp³-hybridized carbons (Fsp3) is 0.370. The number of aromatic carboxylic acids is 1. The summed E-state index contributed by atoms with van der Waals surface area (Å²) in [6.45, 7) is 3.93. The SMILES string of the molecule is CC1CCC(Cn2c(C(C)(F)c3ncccc3F)cc3nc(C(=O)O)nc(-c4cncc(Cl)c4)c32)CC1. The Balaban J connectivity index is 1.79. The van der Waals surface area contributed by atoms with Crippen LogP contribution in [-0.2, 0) is 12.2 Å². The van der Waals surface area contributed by atoms with E-state index >= 15 is 4.39 Å². The molecule has 1 aliphatic carbocycles. The van der Waals surface area contributed by atoms with Crippen LogP contribution >= 0.6 is 11.6 Å². The molecule has 0 aliphatic heterocycles. The number of pyridine rings is 2. The number of nitrogens with zero attached hydrogens (tertiary/aromatic N) is 5. The fourth-order valence-corrected chi connectivity index (χ4v) is 5.38. The summed E-state index contributed by atoms with van der Waals surface area (Å²) < 4.78 is 33.2. The summed E-state index contributed by atoms with van der Waals surface area (Å²) in [5.41, 5.74) is -1.13. The first-order chi connectivity index (χ1) is 17.6. The van der Waals surface area contributed by atoms with Crippen molar-refractivity contribution >= 4 is 28.6 Å². The molecular weight excluding hydrogens is 500 g/mol. The van der Waals surface area contributed by atoms with Crippen LogP contribution in [0.25, 0.3) is 22.3 Å². The van der Waals surface area contributed by atoms with Crippen molar-refractivity contribution in [3.8, 4) is 11.3 Å². The summed E-state index contributed by atoms with van der Waals surface area (Å²) in [6.07, 6.45) is 8.37. The van der Waals surface area contributed by atoms with Crippen LogP contribution in [0.4, 0.5) is 8.78 Å². The predicted octanol–water partition coefficient (Wildman–Crippen LogP) is 6.44. The molecule has 7 nitrogen and oxygen atoms in total. The molecule has 192 valence electrons. The third kappa shape index (κ3) is 4.80. The van der Waals surface area contributed by atoms with Crippen molar-refractivity contribution in [2.24, 2.45) is 11.8 Å². The zero-order valence-corrected chi connectivity index (χ0v) is 21.2. The van der Waals surface area contributed by atoms with Gasteiger partial charge in [-0.25, -0.2) is 23.5 Å². The van der Waals surface area contributed by atoms with Gasteiger partial charge >= 0.3 is 5.97 Å². The minimum absolute atomic E-state index is 0.131. The largest absolute Gasteiger partial charge is 0.475 e. The van der Waals surface area contributed by atoms with E-state index in [0.29, 0.717) is 28.6 Å². The van der Waals surface area contributed by atoms with E-state index in [-0.39, 0.29) is 28.5 Å². The molecule has 4 heterocycles. The molecule has 1 unspecified atom stereocenters. The predicted molar refractivity (Wildman–Crippen MR) is 136 cm³/mol. The van der Waals surface area contributed by atoms with E-state index in [4.69, 9.17) is 11.6 Å². The lowest BCUT2D eigenvalue weighted by atomic mass is 9.83. The zero-order chi connectivity index (χ0) is 26.3. The molecule has 0 aromatic carbocycles. The lowest BCUT2D eigenvalue weighted by Crippen LogP contribution is -2.27. The topological polar surface area (TPSA) is 93.8 Å². The number of halogens is 3. The quantitative estimate of drug-likeness (QED) is 0.311. The Hall–Kier alpha value is -3.46. The number of aromatic nitrogens is 5. The molecule has 0 amide bonds. The Morgan fingerprint density at radius 3 is 2.65 bits per heavy atom. The summed E-state index contributed by atoms with van der Waals surface area (Å²) in [6, 6.07) is 5.67. The van der Waals surface area contributed by atoms with Gasteiger partial charge in [-0.2, -0.15) is 0 Å². The van der Waals surface area contributed by atoms with Crippen LogP contribution in [0, 0.1) is 17.7 Å². The number of alkyl halides is 1. The first kappa shape index (κ1) is 25.2. The molecule has 1 N–H and O–H groups in total. The number of hydrogen-bond donors (Lipinski definition) is 1. The Morgan fingerprint density at radius 1 is 1.22 bits per heavy atom. The van der Waals surface area contributed by atoms with Gasteiger partial charge in [0.1, 0.15) is 17.2 Å². The zero-order valence-electron chi connectivity index (χ0n) is 20.5. The minimum atomic E-state index is -2.33. The normalized spacial score (nSPS) is 19.6. The monoisotopic (exact) mass is 525 g/mol. The molecule has 37 heavy (non-hydrogen) atoms. The third-order valence-electron chi connectivity index (χ3n) is 7.18. The van der Waals surface area contributed by atoms with Gasteiger partial charge in [-0.05, 0) is 55.9 Å². The van der Waals surface area contributed by atoms with E-state index in [0.717, 1.165) is 25.7 Å². The molecule has 4 aromatic rings. The average molecular weight is 526 g/mol. The number of carboxylic acids is 1. The van der Waals surface area contributed by atoms with Crippen molar-refractivity contribution in [1.82, 2.24) is 24.5 Å². The van der Waals surface area contributed by atoms with Gasteiger partial charge in [0.15, 0.2) is 5.67 Å². The van der Waals surface area contributed by atoms with E-state index in [1.165, 1.54) is 43.7 Å². The van der Waals surface area contributed by atoms with Crippen LogP contribution in [-0.4, -0.2) is 35.6 Å². The molecule has 0 saturated heterocycles. The third-order valence-corrected chi connectivity index (χ3v) is 7.38. The van der Waals surface area contributed by atoms with Gasteiger partial charge in [0.05, 0.1) is 21.7 Å². The molecule has 4 aromatic heterocycles. The smallest absolute Gasteiger partial charge is 0.373 e. The standard InChI is InChI=1S/C27H26ClF2N5O2/c1-15-5-7-16(8-6-15)14-35-21(27(2,30)24-19(29)4-3-9-32-24)11-20-23(35)22(34-25(33-20)26(36)37)17-10-18(28)13-31-12-17/h3-4,9-13,15-16H,5-8,14H2,1-2H3,(H,36,37). The molecule has 1 saturated carbocycles. The van der Waals surface area contributed by atoms with E-state index in [9.17, 15) is 14.3 Å². The van der Waals surface area contributed by atoms with Gasteiger partial charge in [-0.15, -0.1) is 0 Å². The highest BCUT2D eigenvalue weighted by atomic mass is 35.5. The lowest BCUT2D eigenvalue weighted by molar-refractivity contribution is 0.0684. The van der Waals surface area contributed by atoms with Crippen molar-refractivity contribution < 1.29 is 18.7 Å². The number of fused-ring (bicyclic) bond motifs is 1. The summed E-state index contributed by atoms with van der Waals surface area (Å²) >= 11 is 6.19. The maximum absolute atomic E-state index is 16.7.